The summed E-state index contributed by atoms with van der Waals surface area (Å²) in [5.41, 5.74) is 1.69. The van der Waals surface area contributed by atoms with Crippen LogP contribution >= 0.6 is 11.6 Å². The molecule has 0 amide bonds. The number of halogens is 5. The average molecular weight is 391 g/mol. The molecule has 0 spiro atoms. The van der Waals surface area contributed by atoms with Gasteiger partial charge in [-0.2, -0.15) is 13.2 Å². The number of pyridine rings is 1. The van der Waals surface area contributed by atoms with E-state index in [1.54, 1.807) is 6.92 Å². The predicted molar refractivity (Wildman–Crippen MR) is 87.3 cm³/mol. The zero-order valence-corrected chi connectivity index (χ0v) is 14.5. The van der Waals surface area contributed by atoms with Crippen LogP contribution in [0.4, 0.5) is 17.6 Å². The van der Waals surface area contributed by atoms with E-state index in [9.17, 15) is 22.7 Å². The highest BCUT2D eigenvalue weighted by Gasteiger charge is 2.53. The van der Waals surface area contributed by atoms with Crippen molar-refractivity contribution in [3.63, 3.8) is 0 Å². The molecule has 1 aromatic carbocycles. The number of alkyl halides is 3. The Morgan fingerprint density at radius 1 is 1.31 bits per heavy atom. The number of aromatic nitrogens is 1. The first-order valence-electron chi connectivity index (χ1n) is 7.57. The average Bonchev–Trinajstić information content (AvgIpc) is 2.84. The van der Waals surface area contributed by atoms with Gasteiger partial charge in [0.25, 0.3) is 0 Å². The van der Waals surface area contributed by atoms with E-state index in [-0.39, 0.29) is 34.2 Å². The SMILES string of the molecule is CC1(N)COc2c1cc(C(C)(O)C(F)(F)F)nc2-c1ccc(F)c(Cl)c1. The summed E-state index contributed by atoms with van der Waals surface area (Å²) in [6.07, 6.45) is -4.96. The fourth-order valence-corrected chi connectivity index (χ4v) is 2.82. The molecule has 2 unspecified atom stereocenters. The van der Waals surface area contributed by atoms with Crippen LogP contribution in [-0.2, 0) is 11.1 Å². The molecule has 0 saturated heterocycles. The van der Waals surface area contributed by atoms with Gasteiger partial charge in [0.15, 0.2) is 11.4 Å². The summed E-state index contributed by atoms with van der Waals surface area (Å²) in [4.78, 5) is 3.96. The van der Waals surface area contributed by atoms with Gasteiger partial charge in [-0.25, -0.2) is 9.37 Å². The van der Waals surface area contributed by atoms with Crippen molar-refractivity contribution in [1.29, 1.82) is 0 Å². The number of nitrogens with two attached hydrogens (primary N) is 1. The Morgan fingerprint density at radius 3 is 2.54 bits per heavy atom. The molecule has 1 aliphatic heterocycles. The number of rotatable bonds is 2. The first-order valence-corrected chi connectivity index (χ1v) is 7.94. The first kappa shape index (κ1) is 18.9. The van der Waals surface area contributed by atoms with E-state index in [4.69, 9.17) is 22.1 Å². The van der Waals surface area contributed by atoms with Crippen LogP contribution in [0.1, 0.15) is 25.1 Å². The molecule has 3 rings (SSSR count). The van der Waals surface area contributed by atoms with Crippen LogP contribution in [0.2, 0.25) is 5.02 Å². The van der Waals surface area contributed by atoms with E-state index in [2.05, 4.69) is 4.98 Å². The fourth-order valence-electron chi connectivity index (χ4n) is 2.64. The van der Waals surface area contributed by atoms with Crippen molar-refractivity contribution < 1.29 is 27.4 Å². The van der Waals surface area contributed by atoms with Gasteiger partial charge >= 0.3 is 6.18 Å². The molecule has 0 fully saturated rings. The Hall–Kier alpha value is -1.90. The second kappa shape index (κ2) is 5.80. The van der Waals surface area contributed by atoms with Crippen LogP contribution < -0.4 is 10.5 Å². The zero-order chi connectivity index (χ0) is 19.5. The van der Waals surface area contributed by atoms with Gasteiger partial charge in [-0.15, -0.1) is 0 Å². The summed E-state index contributed by atoms with van der Waals surface area (Å²) in [6.45, 7) is 2.21. The molecule has 1 aliphatic rings. The Balaban J connectivity index is 2.29. The minimum Gasteiger partial charge on any atom is -0.489 e. The fraction of sp³-hybridized carbons (Fsp3) is 0.353. The molecule has 2 aromatic rings. The Bertz CT molecular complexity index is 882. The molecule has 0 radical (unpaired) electrons. The van der Waals surface area contributed by atoms with Crippen molar-refractivity contribution in [1.82, 2.24) is 4.98 Å². The van der Waals surface area contributed by atoms with Gasteiger partial charge in [-0.05, 0) is 38.1 Å². The second-order valence-electron chi connectivity index (χ2n) is 6.64. The summed E-state index contributed by atoms with van der Waals surface area (Å²) in [5.74, 6) is -0.505. The number of nitrogens with zero attached hydrogens (tertiary/aromatic N) is 1. The Labute approximate surface area is 151 Å². The van der Waals surface area contributed by atoms with Gasteiger partial charge in [0.1, 0.15) is 18.1 Å². The smallest absolute Gasteiger partial charge is 0.422 e. The van der Waals surface area contributed by atoms with Crippen molar-refractivity contribution in [3.05, 3.63) is 46.4 Å². The maximum atomic E-state index is 13.4. The second-order valence-corrected chi connectivity index (χ2v) is 7.04. The predicted octanol–water partition coefficient (Wildman–Crippen LogP) is 3.88. The Kier molecular flexibility index (Phi) is 4.21. The summed E-state index contributed by atoms with van der Waals surface area (Å²) >= 11 is 5.78. The summed E-state index contributed by atoms with van der Waals surface area (Å²) in [7, 11) is 0. The van der Waals surface area contributed by atoms with Crippen molar-refractivity contribution >= 4 is 11.6 Å². The highest BCUT2D eigenvalue weighted by molar-refractivity contribution is 6.31. The lowest BCUT2D eigenvalue weighted by molar-refractivity contribution is -0.260. The number of hydrogen-bond acceptors (Lipinski definition) is 4. The molecule has 3 N–H and O–H groups in total. The molecular formula is C17H15ClF4N2O2. The lowest BCUT2D eigenvalue weighted by Gasteiger charge is -2.27. The van der Waals surface area contributed by atoms with Crippen molar-refractivity contribution in [2.75, 3.05) is 6.61 Å². The van der Waals surface area contributed by atoms with Crippen LogP contribution in [0.3, 0.4) is 0 Å². The molecule has 140 valence electrons. The molecule has 2 atom stereocenters. The minimum absolute atomic E-state index is 0.00176. The molecule has 4 nitrogen and oxygen atoms in total. The van der Waals surface area contributed by atoms with Gasteiger partial charge in [-0.1, -0.05) is 11.6 Å². The van der Waals surface area contributed by atoms with Crippen LogP contribution in [0, 0.1) is 5.82 Å². The largest absolute Gasteiger partial charge is 0.489 e. The van der Waals surface area contributed by atoms with Crippen molar-refractivity contribution in [2.24, 2.45) is 5.73 Å². The quantitative estimate of drug-likeness (QED) is 0.764. The lowest BCUT2D eigenvalue weighted by Crippen LogP contribution is -2.41. The number of fused-ring (bicyclic) bond motifs is 1. The van der Waals surface area contributed by atoms with Gasteiger partial charge in [0, 0.05) is 11.1 Å². The topological polar surface area (TPSA) is 68.4 Å². The van der Waals surface area contributed by atoms with Gasteiger partial charge in [0.2, 0.25) is 0 Å². The van der Waals surface area contributed by atoms with Crippen molar-refractivity contribution in [3.8, 4) is 17.0 Å². The third kappa shape index (κ3) is 2.91. The van der Waals surface area contributed by atoms with E-state index >= 15 is 0 Å². The maximum Gasteiger partial charge on any atom is 0.422 e. The van der Waals surface area contributed by atoms with Crippen LogP contribution in [0.15, 0.2) is 24.3 Å². The van der Waals surface area contributed by atoms with Gasteiger partial charge in [0.05, 0.1) is 16.3 Å². The highest BCUT2D eigenvalue weighted by Crippen LogP contribution is 2.46. The van der Waals surface area contributed by atoms with Crippen LogP contribution in [0.25, 0.3) is 11.3 Å². The molecule has 9 heteroatoms. The van der Waals surface area contributed by atoms with E-state index in [0.29, 0.717) is 6.92 Å². The monoisotopic (exact) mass is 390 g/mol. The standard InChI is InChI=1S/C17H15ClF4N2O2/c1-15(23)7-26-14-9(15)6-12(16(2,25)17(20,21)22)24-13(14)8-3-4-11(19)10(18)5-8/h3-6,25H,7,23H2,1-2H3. The van der Waals surface area contributed by atoms with Crippen LogP contribution in [0.5, 0.6) is 5.75 Å². The summed E-state index contributed by atoms with van der Waals surface area (Å²) in [5, 5.41) is 9.82. The number of benzene rings is 1. The van der Waals surface area contributed by atoms with Crippen molar-refractivity contribution in [2.45, 2.75) is 31.2 Å². The molecule has 0 saturated carbocycles. The lowest BCUT2D eigenvalue weighted by atomic mass is 9.90. The highest BCUT2D eigenvalue weighted by atomic mass is 35.5. The third-order valence-corrected chi connectivity index (χ3v) is 4.64. The third-order valence-electron chi connectivity index (χ3n) is 4.35. The first-order chi connectivity index (χ1) is 11.8. The Morgan fingerprint density at radius 2 is 1.96 bits per heavy atom. The molecular weight excluding hydrogens is 376 g/mol. The zero-order valence-electron chi connectivity index (χ0n) is 13.8. The van der Waals surface area contributed by atoms with E-state index in [0.717, 1.165) is 12.1 Å². The number of hydrogen-bond donors (Lipinski definition) is 2. The van der Waals surface area contributed by atoms with Crippen LogP contribution in [-0.4, -0.2) is 22.9 Å². The maximum absolute atomic E-state index is 13.4. The molecule has 0 aliphatic carbocycles. The number of aliphatic hydroxyl groups is 1. The van der Waals surface area contributed by atoms with Gasteiger partial charge < -0.3 is 15.6 Å². The number of ether oxygens (including phenoxy) is 1. The summed E-state index contributed by atoms with van der Waals surface area (Å²) < 4.78 is 58.9. The van der Waals surface area contributed by atoms with E-state index in [1.807, 2.05) is 0 Å². The summed E-state index contributed by atoms with van der Waals surface area (Å²) in [6, 6.07) is 4.69. The van der Waals surface area contributed by atoms with Gasteiger partial charge in [-0.3, -0.25) is 0 Å². The normalized spacial score (nSPS) is 21.9. The van der Waals surface area contributed by atoms with E-state index < -0.39 is 28.8 Å². The minimum atomic E-state index is -4.96. The molecule has 26 heavy (non-hydrogen) atoms. The molecule has 2 heterocycles. The molecule has 0 bridgehead atoms. The van der Waals surface area contributed by atoms with E-state index in [1.165, 1.54) is 12.1 Å². The molecule has 1 aromatic heterocycles.